The lowest BCUT2D eigenvalue weighted by atomic mass is 9.98. The van der Waals surface area contributed by atoms with Crippen LogP contribution in [0.1, 0.15) is 18.0 Å². The smallest absolute Gasteiger partial charge is 0.173 e. The third-order valence-corrected chi connectivity index (χ3v) is 4.75. The fourth-order valence-corrected chi connectivity index (χ4v) is 2.58. The summed E-state index contributed by atoms with van der Waals surface area (Å²) in [5.74, 6) is 0.626. The molecule has 0 unspecified atom stereocenters. The first-order chi connectivity index (χ1) is 7.15. The molecule has 16 heavy (non-hydrogen) atoms. The first kappa shape index (κ1) is 14.1. The van der Waals surface area contributed by atoms with Crippen molar-refractivity contribution >= 4 is 44.3 Å². The Labute approximate surface area is 117 Å². The predicted octanol–water partition coefficient (Wildman–Crippen LogP) is 3.38. The number of phenols is 1. The molecule has 0 aromatic heterocycles. The van der Waals surface area contributed by atoms with E-state index < -0.39 is 0 Å². The van der Waals surface area contributed by atoms with E-state index in [1.807, 2.05) is 6.07 Å². The lowest BCUT2D eigenvalue weighted by Gasteiger charge is -2.29. The largest absolute Gasteiger partial charge is 0.503 e. The van der Waals surface area contributed by atoms with Crippen molar-refractivity contribution in [2.45, 2.75) is 12.5 Å². The van der Waals surface area contributed by atoms with Gasteiger partial charge in [-0.15, -0.1) is 12.4 Å². The molecule has 2 rings (SSSR count). The Kier molecular flexibility index (Phi) is 4.91. The van der Waals surface area contributed by atoms with Gasteiger partial charge in [0.05, 0.1) is 11.6 Å². The van der Waals surface area contributed by atoms with E-state index in [1.54, 1.807) is 7.11 Å². The number of nitrogens with one attached hydrogen (secondary N) is 1. The molecule has 6 heteroatoms. The van der Waals surface area contributed by atoms with Crippen LogP contribution in [0.2, 0.25) is 0 Å². The molecule has 0 spiro atoms. The van der Waals surface area contributed by atoms with E-state index in [0.717, 1.165) is 23.0 Å². The summed E-state index contributed by atoms with van der Waals surface area (Å²) in [6, 6.07) is 2.21. The lowest BCUT2D eigenvalue weighted by Crippen LogP contribution is -2.35. The van der Waals surface area contributed by atoms with Gasteiger partial charge in [-0.1, -0.05) is 0 Å². The van der Waals surface area contributed by atoms with Crippen molar-refractivity contribution in [2.24, 2.45) is 0 Å². The standard InChI is InChI=1S/C10H11Br2NO2.ClH/c1-15-7-4-5(6-2-3-13-6)8(11)9(12)10(7)14;/h4,6,13-14H,2-3H2,1H3;1H/t6-;/m1./s1. The van der Waals surface area contributed by atoms with Gasteiger partial charge in [0.15, 0.2) is 11.5 Å². The number of hydrogen-bond donors (Lipinski definition) is 2. The highest BCUT2D eigenvalue weighted by molar-refractivity contribution is 9.13. The molecular formula is C10H12Br2ClNO2. The summed E-state index contributed by atoms with van der Waals surface area (Å²) in [6.07, 6.45) is 1.11. The van der Waals surface area contributed by atoms with Crippen LogP contribution in [0.5, 0.6) is 11.5 Å². The van der Waals surface area contributed by atoms with E-state index in [0.29, 0.717) is 16.3 Å². The Bertz CT molecular complexity index is 397. The van der Waals surface area contributed by atoms with E-state index in [9.17, 15) is 5.11 Å². The summed E-state index contributed by atoms with van der Waals surface area (Å²) in [5.41, 5.74) is 1.11. The molecule has 1 aliphatic heterocycles. The van der Waals surface area contributed by atoms with Crippen LogP contribution in [0.15, 0.2) is 15.0 Å². The highest BCUT2D eigenvalue weighted by atomic mass is 79.9. The topological polar surface area (TPSA) is 41.5 Å². The van der Waals surface area contributed by atoms with Crippen molar-refractivity contribution in [3.05, 3.63) is 20.6 Å². The number of halogens is 3. The van der Waals surface area contributed by atoms with Crippen LogP contribution in [0, 0.1) is 0 Å². The maximum atomic E-state index is 9.75. The molecule has 90 valence electrons. The molecule has 1 atom stereocenters. The van der Waals surface area contributed by atoms with Crippen molar-refractivity contribution in [3.63, 3.8) is 0 Å². The SMILES string of the molecule is COc1cc([C@H]2CCN2)c(Br)c(Br)c1O.Cl. The highest BCUT2D eigenvalue weighted by Crippen LogP contribution is 2.44. The molecule has 0 amide bonds. The van der Waals surface area contributed by atoms with Crippen molar-refractivity contribution in [2.75, 3.05) is 13.7 Å². The molecule has 0 aliphatic carbocycles. The summed E-state index contributed by atoms with van der Waals surface area (Å²) >= 11 is 6.81. The maximum Gasteiger partial charge on any atom is 0.173 e. The zero-order valence-corrected chi connectivity index (χ0v) is 12.6. The number of hydrogen-bond acceptors (Lipinski definition) is 3. The van der Waals surface area contributed by atoms with Crippen LogP contribution in [-0.4, -0.2) is 18.8 Å². The van der Waals surface area contributed by atoms with Gasteiger partial charge >= 0.3 is 0 Å². The predicted molar refractivity (Wildman–Crippen MR) is 72.7 cm³/mol. The number of phenolic OH excluding ortho intramolecular Hbond substituents is 1. The second-order valence-corrected chi connectivity index (χ2v) is 5.03. The van der Waals surface area contributed by atoms with Crippen LogP contribution in [0.3, 0.4) is 0 Å². The average molecular weight is 373 g/mol. The van der Waals surface area contributed by atoms with Crippen molar-refractivity contribution in [1.29, 1.82) is 0 Å². The molecule has 1 aromatic rings. The molecule has 0 bridgehead atoms. The van der Waals surface area contributed by atoms with Crippen LogP contribution in [0.4, 0.5) is 0 Å². The number of methoxy groups -OCH3 is 1. The Balaban J connectivity index is 0.00000128. The Hall–Kier alpha value is 0.0300. The van der Waals surface area contributed by atoms with E-state index in [-0.39, 0.29) is 18.2 Å². The van der Waals surface area contributed by atoms with Crippen LogP contribution in [0.25, 0.3) is 0 Å². The van der Waals surface area contributed by atoms with Gasteiger partial charge in [-0.2, -0.15) is 0 Å². The first-order valence-corrected chi connectivity index (χ1v) is 6.22. The minimum Gasteiger partial charge on any atom is -0.503 e. The summed E-state index contributed by atoms with van der Waals surface area (Å²) in [7, 11) is 1.55. The lowest BCUT2D eigenvalue weighted by molar-refractivity contribution is 0.360. The van der Waals surface area contributed by atoms with Gasteiger partial charge in [0.25, 0.3) is 0 Å². The molecule has 1 heterocycles. The van der Waals surface area contributed by atoms with E-state index in [1.165, 1.54) is 0 Å². The van der Waals surface area contributed by atoms with Gasteiger partial charge in [-0.05, 0) is 56.5 Å². The van der Waals surface area contributed by atoms with Crippen LogP contribution >= 0.6 is 44.3 Å². The Morgan fingerprint density at radius 3 is 2.50 bits per heavy atom. The van der Waals surface area contributed by atoms with Crippen LogP contribution < -0.4 is 10.1 Å². The molecule has 0 radical (unpaired) electrons. The normalized spacial score (nSPS) is 18.6. The van der Waals surface area contributed by atoms with Gasteiger partial charge < -0.3 is 15.2 Å². The molecule has 1 aromatic carbocycles. The molecule has 3 nitrogen and oxygen atoms in total. The second-order valence-electron chi connectivity index (χ2n) is 3.44. The average Bonchev–Trinajstić information content (AvgIpc) is 2.16. The number of aromatic hydroxyl groups is 1. The molecule has 1 saturated heterocycles. The number of rotatable bonds is 2. The van der Waals surface area contributed by atoms with Crippen molar-refractivity contribution in [3.8, 4) is 11.5 Å². The number of ether oxygens (including phenoxy) is 1. The van der Waals surface area contributed by atoms with E-state index in [2.05, 4.69) is 37.2 Å². The Morgan fingerprint density at radius 1 is 1.44 bits per heavy atom. The summed E-state index contributed by atoms with van der Waals surface area (Å²) in [4.78, 5) is 0. The monoisotopic (exact) mass is 371 g/mol. The van der Waals surface area contributed by atoms with Gasteiger partial charge in [0.2, 0.25) is 0 Å². The second kappa shape index (κ2) is 5.58. The van der Waals surface area contributed by atoms with Gasteiger partial charge in [0, 0.05) is 10.5 Å². The molecular weight excluding hydrogens is 361 g/mol. The minimum atomic E-state index is 0. The highest BCUT2D eigenvalue weighted by Gasteiger charge is 2.24. The molecule has 1 fully saturated rings. The van der Waals surface area contributed by atoms with Gasteiger partial charge in [-0.25, -0.2) is 0 Å². The minimum absolute atomic E-state index is 0. The summed E-state index contributed by atoms with van der Waals surface area (Å²) < 4.78 is 6.64. The molecule has 1 aliphatic rings. The fourth-order valence-electron chi connectivity index (χ4n) is 1.58. The summed E-state index contributed by atoms with van der Waals surface area (Å²) in [6.45, 7) is 1.04. The van der Waals surface area contributed by atoms with Crippen molar-refractivity contribution < 1.29 is 9.84 Å². The third-order valence-electron chi connectivity index (χ3n) is 2.59. The molecule has 0 saturated carbocycles. The quantitative estimate of drug-likeness (QED) is 0.835. The summed E-state index contributed by atoms with van der Waals surface area (Å²) in [5, 5.41) is 13.1. The van der Waals surface area contributed by atoms with Gasteiger partial charge in [-0.3, -0.25) is 0 Å². The molecule has 2 N–H and O–H groups in total. The third kappa shape index (κ3) is 2.32. The first-order valence-electron chi connectivity index (χ1n) is 4.63. The Morgan fingerprint density at radius 2 is 2.06 bits per heavy atom. The fraction of sp³-hybridized carbons (Fsp3) is 0.400. The van der Waals surface area contributed by atoms with Gasteiger partial charge in [0.1, 0.15) is 0 Å². The van der Waals surface area contributed by atoms with E-state index in [4.69, 9.17) is 4.74 Å². The maximum absolute atomic E-state index is 9.75. The zero-order valence-electron chi connectivity index (χ0n) is 8.59. The number of benzene rings is 1. The zero-order chi connectivity index (χ0) is 11.0. The van der Waals surface area contributed by atoms with Crippen molar-refractivity contribution in [1.82, 2.24) is 5.32 Å². The van der Waals surface area contributed by atoms with Crippen LogP contribution in [-0.2, 0) is 0 Å². The van der Waals surface area contributed by atoms with E-state index >= 15 is 0 Å².